The van der Waals surface area contributed by atoms with E-state index in [0.717, 1.165) is 28.8 Å². The second-order valence-electron chi connectivity index (χ2n) is 7.21. The molecule has 0 aliphatic heterocycles. The fraction of sp³-hybridized carbons (Fsp3) is 0.160. The van der Waals surface area contributed by atoms with Crippen LogP contribution in [0, 0.1) is 6.92 Å². The van der Waals surface area contributed by atoms with Crippen LogP contribution in [0.5, 0.6) is 0 Å². The third kappa shape index (κ3) is 4.63. The maximum Gasteiger partial charge on any atom is 0.290 e. The minimum Gasteiger partial charge on any atom is -0.351 e. The number of hydrogen-bond donors (Lipinski definition) is 1. The Hall–Kier alpha value is -3.73. The van der Waals surface area contributed by atoms with Gasteiger partial charge in [-0.15, -0.1) is 0 Å². The van der Waals surface area contributed by atoms with E-state index in [1.54, 1.807) is 18.5 Å². The lowest BCUT2D eigenvalue weighted by Crippen LogP contribution is -2.29. The van der Waals surface area contributed by atoms with Crippen molar-refractivity contribution in [2.75, 3.05) is 0 Å². The molecule has 2 aromatic heterocycles. The van der Waals surface area contributed by atoms with Crippen molar-refractivity contribution in [1.29, 1.82) is 0 Å². The van der Waals surface area contributed by atoms with E-state index in [9.17, 15) is 4.79 Å². The molecule has 0 bridgehead atoms. The number of nitrogens with one attached hydrogen (secondary N) is 1. The van der Waals surface area contributed by atoms with Gasteiger partial charge >= 0.3 is 0 Å². The van der Waals surface area contributed by atoms with Crippen molar-refractivity contribution in [3.8, 4) is 0 Å². The lowest BCUT2D eigenvalue weighted by Gasteiger charge is -2.20. The number of carbonyl (C=O) groups excluding carboxylic acids is 1. The number of pyridine rings is 1. The molecule has 1 amide bonds. The minimum atomic E-state index is -0.306. The average Bonchev–Trinajstić information content (AvgIpc) is 3.27. The van der Waals surface area contributed by atoms with Crippen LogP contribution in [0.15, 0.2) is 89.7 Å². The summed E-state index contributed by atoms with van der Waals surface area (Å²) in [6.45, 7) is 2.03. The molecule has 5 heteroatoms. The largest absolute Gasteiger partial charge is 0.351 e. The van der Waals surface area contributed by atoms with Crippen molar-refractivity contribution in [1.82, 2.24) is 15.5 Å². The third-order valence-electron chi connectivity index (χ3n) is 5.11. The standard InChI is InChI=1S/C25H23N3O2/c1-18-7-5-6-10-22(18)24(20-13-15-26-16-14-20)27-25(29)23-17-21(28-30-23)12-11-19-8-3-2-4-9-19/h2-10,13-17,24H,11-12H2,1H3,(H,27,29). The molecule has 1 atom stereocenters. The maximum atomic E-state index is 12.9. The van der Waals surface area contributed by atoms with Gasteiger partial charge in [0.1, 0.15) is 0 Å². The molecule has 0 aliphatic rings. The van der Waals surface area contributed by atoms with Crippen LogP contribution in [0.3, 0.4) is 0 Å². The quantitative estimate of drug-likeness (QED) is 0.492. The van der Waals surface area contributed by atoms with Gasteiger partial charge in [0.05, 0.1) is 11.7 Å². The van der Waals surface area contributed by atoms with Gasteiger partial charge in [0.25, 0.3) is 5.91 Å². The Balaban J connectivity index is 1.50. The van der Waals surface area contributed by atoms with Gasteiger partial charge in [0.2, 0.25) is 5.76 Å². The number of hydrogen-bond acceptors (Lipinski definition) is 4. The average molecular weight is 397 g/mol. The van der Waals surface area contributed by atoms with Gasteiger partial charge in [-0.3, -0.25) is 9.78 Å². The van der Waals surface area contributed by atoms with Crippen LogP contribution in [-0.2, 0) is 12.8 Å². The Kier molecular flexibility index (Phi) is 5.99. The van der Waals surface area contributed by atoms with Crippen molar-refractivity contribution in [2.24, 2.45) is 0 Å². The molecule has 0 aliphatic carbocycles. The summed E-state index contributed by atoms with van der Waals surface area (Å²) in [7, 11) is 0. The van der Waals surface area contributed by atoms with E-state index < -0.39 is 0 Å². The van der Waals surface area contributed by atoms with Gasteiger partial charge in [0, 0.05) is 18.5 Å². The predicted molar refractivity (Wildman–Crippen MR) is 115 cm³/mol. The van der Waals surface area contributed by atoms with Gasteiger partial charge < -0.3 is 9.84 Å². The van der Waals surface area contributed by atoms with Gasteiger partial charge in [-0.1, -0.05) is 59.8 Å². The number of nitrogens with zero attached hydrogens (tertiary/aromatic N) is 2. The SMILES string of the molecule is Cc1ccccc1C(NC(=O)c1cc(CCc2ccccc2)no1)c1ccncc1. The van der Waals surface area contributed by atoms with E-state index in [0.29, 0.717) is 6.42 Å². The van der Waals surface area contributed by atoms with Crippen molar-refractivity contribution in [3.63, 3.8) is 0 Å². The van der Waals surface area contributed by atoms with Crippen LogP contribution >= 0.6 is 0 Å². The lowest BCUT2D eigenvalue weighted by atomic mass is 9.95. The Labute approximate surface area is 175 Å². The van der Waals surface area contributed by atoms with Gasteiger partial charge in [-0.2, -0.15) is 0 Å². The first-order chi connectivity index (χ1) is 14.7. The topological polar surface area (TPSA) is 68.0 Å². The van der Waals surface area contributed by atoms with Crippen molar-refractivity contribution in [3.05, 3.63) is 119 Å². The molecule has 2 aromatic carbocycles. The minimum absolute atomic E-state index is 0.214. The molecule has 5 nitrogen and oxygen atoms in total. The van der Waals surface area contributed by atoms with Crippen molar-refractivity contribution < 1.29 is 9.32 Å². The molecule has 4 aromatic rings. The first-order valence-corrected chi connectivity index (χ1v) is 9.96. The van der Waals surface area contributed by atoms with Crippen LogP contribution in [0.4, 0.5) is 0 Å². The molecule has 0 saturated carbocycles. The number of aryl methyl sites for hydroxylation is 3. The first kappa shape index (κ1) is 19.6. The summed E-state index contributed by atoms with van der Waals surface area (Å²) in [5, 5.41) is 7.17. The van der Waals surface area contributed by atoms with Crippen LogP contribution in [-0.4, -0.2) is 16.0 Å². The zero-order valence-electron chi connectivity index (χ0n) is 16.8. The number of benzene rings is 2. The summed E-state index contributed by atoms with van der Waals surface area (Å²) < 4.78 is 5.34. The van der Waals surface area contributed by atoms with E-state index >= 15 is 0 Å². The molecule has 0 saturated heterocycles. The highest BCUT2D eigenvalue weighted by Gasteiger charge is 2.22. The Morgan fingerprint density at radius 3 is 2.47 bits per heavy atom. The fourth-order valence-electron chi connectivity index (χ4n) is 3.46. The van der Waals surface area contributed by atoms with E-state index in [1.165, 1.54) is 5.56 Å². The molecule has 30 heavy (non-hydrogen) atoms. The van der Waals surface area contributed by atoms with Crippen LogP contribution in [0.2, 0.25) is 0 Å². The van der Waals surface area contributed by atoms with Crippen molar-refractivity contribution in [2.45, 2.75) is 25.8 Å². The molecule has 4 rings (SSSR count). The second-order valence-corrected chi connectivity index (χ2v) is 7.21. The zero-order valence-corrected chi connectivity index (χ0v) is 16.8. The van der Waals surface area contributed by atoms with E-state index in [-0.39, 0.29) is 17.7 Å². The highest BCUT2D eigenvalue weighted by molar-refractivity contribution is 5.92. The molecule has 1 unspecified atom stereocenters. The summed E-state index contributed by atoms with van der Waals surface area (Å²) >= 11 is 0. The van der Waals surface area contributed by atoms with Crippen LogP contribution < -0.4 is 5.32 Å². The Morgan fingerprint density at radius 1 is 0.967 bits per heavy atom. The van der Waals surface area contributed by atoms with Crippen LogP contribution in [0.25, 0.3) is 0 Å². The number of carbonyl (C=O) groups is 1. The molecular weight excluding hydrogens is 374 g/mol. The van der Waals surface area contributed by atoms with E-state index in [2.05, 4.69) is 27.6 Å². The fourth-order valence-corrected chi connectivity index (χ4v) is 3.46. The van der Waals surface area contributed by atoms with Gasteiger partial charge in [0.15, 0.2) is 0 Å². The summed E-state index contributed by atoms with van der Waals surface area (Å²) in [5.41, 5.74) is 5.07. The third-order valence-corrected chi connectivity index (χ3v) is 5.11. The lowest BCUT2D eigenvalue weighted by molar-refractivity contribution is 0.0905. The highest BCUT2D eigenvalue weighted by Crippen LogP contribution is 2.25. The monoisotopic (exact) mass is 397 g/mol. The molecule has 0 fully saturated rings. The van der Waals surface area contributed by atoms with E-state index in [1.807, 2.05) is 61.5 Å². The molecule has 2 heterocycles. The molecular formula is C25H23N3O2. The normalized spacial score (nSPS) is 11.8. The molecule has 0 radical (unpaired) electrons. The summed E-state index contributed by atoms with van der Waals surface area (Å²) in [5.74, 6) is -0.0794. The summed E-state index contributed by atoms with van der Waals surface area (Å²) in [6.07, 6.45) is 5.01. The first-order valence-electron chi connectivity index (χ1n) is 9.96. The van der Waals surface area contributed by atoms with Gasteiger partial charge in [-0.05, 0) is 54.2 Å². The number of aromatic nitrogens is 2. The summed E-state index contributed by atoms with van der Waals surface area (Å²) in [6, 6.07) is 23.4. The second kappa shape index (κ2) is 9.18. The molecule has 1 N–H and O–H groups in total. The van der Waals surface area contributed by atoms with Crippen LogP contribution in [0.1, 0.15) is 44.5 Å². The molecule has 0 spiro atoms. The van der Waals surface area contributed by atoms with Gasteiger partial charge in [-0.25, -0.2) is 0 Å². The highest BCUT2D eigenvalue weighted by atomic mass is 16.5. The maximum absolute atomic E-state index is 12.9. The number of rotatable bonds is 7. The Morgan fingerprint density at radius 2 is 1.70 bits per heavy atom. The van der Waals surface area contributed by atoms with E-state index in [4.69, 9.17) is 4.52 Å². The van der Waals surface area contributed by atoms with Crippen molar-refractivity contribution >= 4 is 5.91 Å². The molecule has 150 valence electrons. The zero-order chi connectivity index (χ0) is 20.8. The number of amides is 1. The smallest absolute Gasteiger partial charge is 0.290 e. The predicted octanol–water partition coefficient (Wildman–Crippen LogP) is 4.68. The summed E-state index contributed by atoms with van der Waals surface area (Å²) in [4.78, 5) is 17.0. The Bertz CT molecular complexity index is 1110.